The largest absolute Gasteiger partial charge is 0.489 e. The highest BCUT2D eigenvalue weighted by Gasteiger charge is 1.99. The third kappa shape index (κ3) is 5.35. The summed E-state index contributed by atoms with van der Waals surface area (Å²) in [5.74, 6) is 0.648. The van der Waals surface area contributed by atoms with Crippen molar-refractivity contribution in [1.29, 1.82) is 0 Å². The summed E-state index contributed by atoms with van der Waals surface area (Å²) in [6, 6.07) is 25.4. The minimum absolute atomic E-state index is 0.153. The fourth-order valence-electron chi connectivity index (χ4n) is 2.49. The van der Waals surface area contributed by atoms with Crippen molar-refractivity contribution < 1.29 is 9.53 Å². The fraction of sp³-hybridized carbons (Fsp3) is 0.0870. The first-order chi connectivity index (χ1) is 12.7. The maximum atomic E-state index is 12.0. The number of aryl methyl sites for hydroxylation is 1. The number of anilines is 1. The first kappa shape index (κ1) is 17.5. The van der Waals surface area contributed by atoms with Crippen LogP contribution in [0.5, 0.6) is 5.75 Å². The topological polar surface area (TPSA) is 38.3 Å². The predicted octanol–water partition coefficient (Wildman–Crippen LogP) is 5.23. The van der Waals surface area contributed by atoms with Crippen molar-refractivity contribution in [3.63, 3.8) is 0 Å². The molecule has 0 saturated carbocycles. The van der Waals surface area contributed by atoms with E-state index in [1.165, 1.54) is 6.08 Å². The summed E-state index contributed by atoms with van der Waals surface area (Å²) in [6.45, 7) is 2.53. The third-order valence-corrected chi connectivity index (χ3v) is 3.84. The van der Waals surface area contributed by atoms with Crippen molar-refractivity contribution >= 4 is 17.7 Å². The van der Waals surface area contributed by atoms with Gasteiger partial charge in [0.1, 0.15) is 12.4 Å². The van der Waals surface area contributed by atoms with Gasteiger partial charge in [-0.2, -0.15) is 0 Å². The van der Waals surface area contributed by atoms with Crippen molar-refractivity contribution in [2.24, 2.45) is 0 Å². The highest BCUT2D eigenvalue weighted by atomic mass is 16.5. The molecule has 1 amide bonds. The third-order valence-electron chi connectivity index (χ3n) is 3.84. The smallest absolute Gasteiger partial charge is 0.248 e. The Hall–Kier alpha value is -3.33. The van der Waals surface area contributed by atoms with Crippen molar-refractivity contribution in [2.75, 3.05) is 5.32 Å². The number of rotatable bonds is 6. The van der Waals surface area contributed by atoms with E-state index in [0.29, 0.717) is 6.61 Å². The van der Waals surface area contributed by atoms with E-state index in [1.807, 2.05) is 85.8 Å². The Kier molecular flexibility index (Phi) is 5.84. The van der Waals surface area contributed by atoms with Crippen LogP contribution in [0.4, 0.5) is 5.69 Å². The molecule has 3 heteroatoms. The monoisotopic (exact) mass is 343 g/mol. The molecular weight excluding hydrogens is 322 g/mol. The van der Waals surface area contributed by atoms with Crippen molar-refractivity contribution in [2.45, 2.75) is 13.5 Å². The summed E-state index contributed by atoms with van der Waals surface area (Å²) in [4.78, 5) is 12.0. The molecule has 0 aliphatic rings. The summed E-state index contributed by atoms with van der Waals surface area (Å²) < 4.78 is 5.76. The second-order valence-corrected chi connectivity index (χ2v) is 6.04. The Balaban J connectivity index is 1.53. The van der Waals surface area contributed by atoms with Gasteiger partial charge in [0.2, 0.25) is 5.91 Å². The van der Waals surface area contributed by atoms with Crippen LogP contribution in [0.15, 0.2) is 84.9 Å². The normalized spacial score (nSPS) is 10.7. The van der Waals surface area contributed by atoms with Gasteiger partial charge >= 0.3 is 0 Å². The van der Waals surface area contributed by atoms with E-state index in [1.54, 1.807) is 6.08 Å². The van der Waals surface area contributed by atoms with Crippen LogP contribution < -0.4 is 10.1 Å². The average Bonchev–Trinajstić information content (AvgIpc) is 2.66. The van der Waals surface area contributed by atoms with Crippen LogP contribution >= 0.6 is 0 Å². The standard InChI is InChI=1S/C23H21NO2/c1-18-6-5-9-21(16-18)24-23(25)15-12-19-10-13-22(14-11-19)26-17-20-7-3-2-4-8-20/h2-16H,17H2,1H3,(H,24,25)/b15-12+. The van der Waals surface area contributed by atoms with Crippen LogP contribution in [0.1, 0.15) is 16.7 Å². The molecule has 130 valence electrons. The lowest BCUT2D eigenvalue weighted by atomic mass is 10.2. The molecule has 3 aromatic rings. The van der Waals surface area contributed by atoms with Gasteiger partial charge in [-0.25, -0.2) is 0 Å². The molecule has 0 radical (unpaired) electrons. The van der Waals surface area contributed by atoms with Crippen LogP contribution in [-0.2, 0) is 11.4 Å². The second kappa shape index (κ2) is 8.67. The Bertz CT molecular complexity index is 884. The molecule has 0 unspecified atom stereocenters. The van der Waals surface area contributed by atoms with Gasteiger partial charge in [0, 0.05) is 11.8 Å². The van der Waals surface area contributed by atoms with E-state index in [9.17, 15) is 4.79 Å². The molecule has 0 atom stereocenters. The van der Waals surface area contributed by atoms with E-state index >= 15 is 0 Å². The molecule has 3 aromatic carbocycles. The Morgan fingerprint density at radius 3 is 2.46 bits per heavy atom. The second-order valence-electron chi connectivity index (χ2n) is 6.04. The first-order valence-corrected chi connectivity index (χ1v) is 8.51. The SMILES string of the molecule is Cc1cccc(NC(=O)/C=C/c2ccc(OCc3ccccc3)cc2)c1. The number of benzene rings is 3. The summed E-state index contributed by atoms with van der Waals surface area (Å²) in [6.07, 6.45) is 3.31. The van der Waals surface area contributed by atoms with Crippen LogP contribution in [0.2, 0.25) is 0 Å². The zero-order valence-corrected chi connectivity index (χ0v) is 14.7. The minimum atomic E-state index is -0.153. The minimum Gasteiger partial charge on any atom is -0.489 e. The lowest BCUT2D eigenvalue weighted by Crippen LogP contribution is -2.07. The number of ether oxygens (including phenoxy) is 1. The molecule has 0 aromatic heterocycles. The van der Waals surface area contributed by atoms with E-state index in [0.717, 1.165) is 28.1 Å². The van der Waals surface area contributed by atoms with E-state index < -0.39 is 0 Å². The predicted molar refractivity (Wildman–Crippen MR) is 106 cm³/mol. The van der Waals surface area contributed by atoms with Crippen molar-refractivity contribution in [1.82, 2.24) is 0 Å². The van der Waals surface area contributed by atoms with Gasteiger partial charge in [-0.3, -0.25) is 4.79 Å². The van der Waals surface area contributed by atoms with Crippen molar-refractivity contribution in [3.8, 4) is 5.75 Å². The molecule has 0 aliphatic carbocycles. The number of amides is 1. The van der Waals surface area contributed by atoms with Crippen molar-refractivity contribution in [3.05, 3.63) is 102 Å². The first-order valence-electron chi connectivity index (χ1n) is 8.51. The Morgan fingerprint density at radius 2 is 1.73 bits per heavy atom. The van der Waals surface area contributed by atoms with Gasteiger partial charge in [0.15, 0.2) is 0 Å². The number of nitrogens with one attached hydrogen (secondary N) is 1. The van der Waals surface area contributed by atoms with Gasteiger partial charge in [-0.1, -0.05) is 54.6 Å². The van der Waals surface area contributed by atoms with Gasteiger partial charge in [-0.15, -0.1) is 0 Å². The molecule has 0 heterocycles. The fourth-order valence-corrected chi connectivity index (χ4v) is 2.49. The summed E-state index contributed by atoms with van der Waals surface area (Å²) in [5.41, 5.74) is 3.97. The van der Waals surface area contributed by atoms with Crippen LogP contribution in [0.25, 0.3) is 6.08 Å². The molecule has 0 aliphatic heterocycles. The molecule has 0 saturated heterocycles. The molecule has 3 nitrogen and oxygen atoms in total. The molecule has 0 spiro atoms. The number of hydrogen-bond acceptors (Lipinski definition) is 2. The quantitative estimate of drug-likeness (QED) is 0.623. The zero-order valence-electron chi connectivity index (χ0n) is 14.7. The van der Waals surface area contributed by atoms with E-state index in [4.69, 9.17) is 4.74 Å². The number of carbonyl (C=O) groups excluding carboxylic acids is 1. The molecule has 26 heavy (non-hydrogen) atoms. The number of carbonyl (C=O) groups is 1. The molecule has 0 bridgehead atoms. The highest BCUT2D eigenvalue weighted by molar-refractivity contribution is 6.01. The highest BCUT2D eigenvalue weighted by Crippen LogP contribution is 2.15. The lowest BCUT2D eigenvalue weighted by molar-refractivity contribution is -0.111. The van der Waals surface area contributed by atoms with Gasteiger partial charge in [-0.05, 0) is 54.0 Å². The van der Waals surface area contributed by atoms with E-state index in [2.05, 4.69) is 5.32 Å². The van der Waals surface area contributed by atoms with Gasteiger partial charge in [0.05, 0.1) is 0 Å². The Morgan fingerprint density at radius 1 is 0.962 bits per heavy atom. The van der Waals surface area contributed by atoms with Crippen LogP contribution in [-0.4, -0.2) is 5.91 Å². The van der Waals surface area contributed by atoms with Gasteiger partial charge in [0.25, 0.3) is 0 Å². The lowest BCUT2D eigenvalue weighted by Gasteiger charge is -2.06. The molecule has 3 rings (SSSR count). The maximum Gasteiger partial charge on any atom is 0.248 e. The van der Waals surface area contributed by atoms with Gasteiger partial charge < -0.3 is 10.1 Å². The van der Waals surface area contributed by atoms with Crippen LogP contribution in [0.3, 0.4) is 0 Å². The average molecular weight is 343 g/mol. The molecule has 1 N–H and O–H groups in total. The van der Waals surface area contributed by atoms with E-state index in [-0.39, 0.29) is 5.91 Å². The summed E-state index contributed by atoms with van der Waals surface area (Å²) >= 11 is 0. The zero-order chi connectivity index (χ0) is 18.2. The Labute approximate surface area is 154 Å². The summed E-state index contributed by atoms with van der Waals surface area (Å²) in [7, 11) is 0. The number of hydrogen-bond donors (Lipinski definition) is 1. The summed E-state index contributed by atoms with van der Waals surface area (Å²) in [5, 5.41) is 2.85. The maximum absolute atomic E-state index is 12.0. The molecule has 0 fully saturated rings. The molecular formula is C23H21NO2. The van der Waals surface area contributed by atoms with Crippen LogP contribution in [0, 0.1) is 6.92 Å².